The molecule has 8 heteroatoms. The van der Waals surface area contributed by atoms with Crippen molar-refractivity contribution >= 4 is 28.7 Å². The molecule has 0 bridgehead atoms. The van der Waals surface area contributed by atoms with Crippen LogP contribution < -0.4 is 11.1 Å². The molecule has 1 aliphatic carbocycles. The number of hydrogen-bond acceptors (Lipinski definition) is 6. The van der Waals surface area contributed by atoms with Gasteiger partial charge >= 0.3 is 0 Å². The molecule has 160 valence electrons. The minimum Gasteiger partial charge on any atom is -0.398 e. The lowest BCUT2D eigenvalue weighted by Crippen LogP contribution is -2.23. The van der Waals surface area contributed by atoms with Crippen molar-refractivity contribution < 1.29 is 4.79 Å². The summed E-state index contributed by atoms with van der Waals surface area (Å²) in [6.45, 7) is 0.290. The number of fused-ring (bicyclic) bond motifs is 3. The van der Waals surface area contributed by atoms with Gasteiger partial charge in [-0.15, -0.1) is 0 Å². The van der Waals surface area contributed by atoms with E-state index in [0.29, 0.717) is 23.6 Å². The lowest BCUT2D eigenvalue weighted by Gasteiger charge is -2.23. The highest BCUT2D eigenvalue weighted by molar-refractivity contribution is 6.05. The summed E-state index contributed by atoms with van der Waals surface area (Å²) in [5.74, 6) is 0.430. The Morgan fingerprint density at radius 3 is 2.62 bits per heavy atom. The quantitative estimate of drug-likeness (QED) is 0.287. The smallest absolute Gasteiger partial charge is 0.251 e. The molecule has 8 nitrogen and oxygen atoms in total. The molecule has 0 aliphatic heterocycles. The van der Waals surface area contributed by atoms with Gasteiger partial charge in [0.25, 0.3) is 5.91 Å². The topological polar surface area (TPSA) is 133 Å². The zero-order valence-corrected chi connectivity index (χ0v) is 17.5. The molecule has 32 heavy (non-hydrogen) atoms. The van der Waals surface area contributed by atoms with Crippen LogP contribution in [0.5, 0.6) is 0 Å². The summed E-state index contributed by atoms with van der Waals surface area (Å²) < 4.78 is 0. The van der Waals surface area contributed by atoms with Crippen molar-refractivity contribution in [2.45, 2.75) is 32.2 Å². The van der Waals surface area contributed by atoms with Gasteiger partial charge in [-0.05, 0) is 61.1 Å². The Morgan fingerprint density at radius 1 is 1.12 bits per heavy atom. The Kier molecular flexibility index (Phi) is 5.10. The first-order valence-electron chi connectivity index (χ1n) is 10.6. The van der Waals surface area contributed by atoms with E-state index in [2.05, 4.69) is 20.5 Å². The molecule has 2 aromatic heterocycles. The Morgan fingerprint density at radius 2 is 1.91 bits per heavy atom. The van der Waals surface area contributed by atoms with Gasteiger partial charge in [0.2, 0.25) is 0 Å². The predicted octanol–water partition coefficient (Wildman–Crippen LogP) is 3.41. The highest BCUT2D eigenvalue weighted by Crippen LogP contribution is 2.37. The van der Waals surface area contributed by atoms with Gasteiger partial charge in [-0.3, -0.25) is 9.89 Å². The van der Waals surface area contributed by atoms with Gasteiger partial charge in [0.15, 0.2) is 0 Å². The Labute approximate surface area is 184 Å². The molecule has 0 saturated carbocycles. The summed E-state index contributed by atoms with van der Waals surface area (Å²) in [5, 5.41) is 18.2. The Balaban J connectivity index is 1.51. The second-order valence-corrected chi connectivity index (χ2v) is 7.92. The van der Waals surface area contributed by atoms with Crippen molar-refractivity contribution in [3.05, 3.63) is 70.8 Å². The number of carbonyl (C=O) groups is 1. The molecular weight excluding hydrogens is 402 g/mol. The number of H-pyrrole nitrogens is 1. The van der Waals surface area contributed by atoms with Crippen molar-refractivity contribution in [1.82, 2.24) is 25.5 Å². The number of nitrogen functional groups attached to an aromatic ring is 1. The van der Waals surface area contributed by atoms with Crippen LogP contribution >= 0.6 is 0 Å². The van der Waals surface area contributed by atoms with Crippen molar-refractivity contribution in [3.63, 3.8) is 0 Å². The maximum atomic E-state index is 12.5. The number of hydrogen-bond donors (Lipinski definition) is 4. The van der Waals surface area contributed by atoms with E-state index in [4.69, 9.17) is 16.1 Å². The number of nitrogens with one attached hydrogen (secondary N) is 3. The number of rotatable bonds is 5. The van der Waals surface area contributed by atoms with Gasteiger partial charge in [-0.1, -0.05) is 12.1 Å². The molecule has 0 spiro atoms. The van der Waals surface area contributed by atoms with Crippen LogP contribution in [0.15, 0.2) is 42.7 Å². The molecule has 0 unspecified atom stereocenters. The Hall–Kier alpha value is -4.07. The molecule has 2 aromatic carbocycles. The molecule has 5 N–H and O–H groups in total. The molecule has 0 saturated heterocycles. The zero-order chi connectivity index (χ0) is 22.1. The molecule has 5 rings (SSSR count). The van der Waals surface area contributed by atoms with E-state index in [9.17, 15) is 4.79 Å². The van der Waals surface area contributed by atoms with Crippen LogP contribution in [0.4, 0.5) is 5.69 Å². The number of aryl methyl sites for hydroxylation is 1. The lowest BCUT2D eigenvalue weighted by molar-refractivity contribution is 0.0950. The summed E-state index contributed by atoms with van der Waals surface area (Å²) in [7, 11) is 0. The molecule has 1 aliphatic rings. The normalized spacial score (nSPS) is 13.0. The second kappa shape index (κ2) is 8.22. The van der Waals surface area contributed by atoms with Gasteiger partial charge in [0.1, 0.15) is 12.2 Å². The monoisotopic (exact) mass is 425 g/mol. The van der Waals surface area contributed by atoms with Crippen LogP contribution in [-0.4, -0.2) is 32.3 Å². The lowest BCUT2D eigenvalue weighted by atomic mass is 9.85. The van der Waals surface area contributed by atoms with Crippen LogP contribution in [0.3, 0.4) is 0 Å². The van der Waals surface area contributed by atoms with Crippen LogP contribution in [0.2, 0.25) is 0 Å². The largest absolute Gasteiger partial charge is 0.398 e. The first-order valence-corrected chi connectivity index (χ1v) is 10.6. The van der Waals surface area contributed by atoms with Gasteiger partial charge in [-0.2, -0.15) is 5.10 Å². The molecule has 2 heterocycles. The Bertz CT molecular complexity index is 1310. The molecule has 1 amide bonds. The summed E-state index contributed by atoms with van der Waals surface area (Å²) >= 11 is 0. The minimum absolute atomic E-state index is 0.174. The summed E-state index contributed by atoms with van der Waals surface area (Å²) in [6.07, 6.45) is 6.86. The fourth-order valence-corrected chi connectivity index (χ4v) is 4.42. The standard InChI is InChI=1S/C24H23N7O/c25-11-18-19(26)9-10-20-22(18)16-3-1-2-4-17(16)23(30-20)14-5-7-15(8-6-14)24(32)27-12-21-28-13-29-31-21/h5-11,13,25H,1-4,12,26H2,(H,27,32)(H,28,29,31). The third kappa shape index (κ3) is 3.49. The van der Waals surface area contributed by atoms with Gasteiger partial charge < -0.3 is 16.5 Å². The first kappa shape index (κ1) is 19.9. The van der Waals surface area contributed by atoms with Crippen LogP contribution in [-0.2, 0) is 19.4 Å². The first-order chi connectivity index (χ1) is 15.7. The van der Waals surface area contributed by atoms with E-state index in [1.54, 1.807) is 0 Å². The number of pyridine rings is 1. The summed E-state index contributed by atoms with van der Waals surface area (Å²) in [5.41, 5.74) is 13.3. The predicted molar refractivity (Wildman–Crippen MR) is 124 cm³/mol. The van der Waals surface area contributed by atoms with E-state index in [1.807, 2.05) is 36.4 Å². The highest BCUT2D eigenvalue weighted by Gasteiger charge is 2.21. The number of benzene rings is 2. The minimum atomic E-state index is -0.174. The molecular formula is C24H23N7O. The molecule has 0 atom stereocenters. The van der Waals surface area contributed by atoms with E-state index >= 15 is 0 Å². The number of nitrogens with zero attached hydrogens (tertiary/aromatic N) is 3. The fraction of sp³-hybridized carbons (Fsp3) is 0.208. The van der Waals surface area contributed by atoms with E-state index in [-0.39, 0.29) is 5.91 Å². The number of aromatic nitrogens is 4. The number of aromatic amines is 1. The van der Waals surface area contributed by atoms with Crippen molar-refractivity contribution in [2.75, 3.05) is 5.73 Å². The average Bonchev–Trinajstić information content (AvgIpc) is 3.36. The van der Waals surface area contributed by atoms with Gasteiger partial charge in [0, 0.05) is 34.0 Å². The number of carbonyl (C=O) groups excluding carboxylic acids is 1. The zero-order valence-electron chi connectivity index (χ0n) is 17.5. The number of anilines is 1. The van der Waals surface area contributed by atoms with E-state index < -0.39 is 0 Å². The SMILES string of the molecule is N=Cc1c(N)ccc2nc(-c3ccc(C(=O)NCc4ncn[nH]4)cc3)c3c(c12)CCCC3. The second-order valence-electron chi connectivity index (χ2n) is 7.92. The maximum absolute atomic E-state index is 12.5. The third-order valence-corrected chi connectivity index (χ3v) is 5.99. The number of nitrogens with two attached hydrogens (primary N) is 1. The summed E-state index contributed by atoms with van der Waals surface area (Å²) in [6, 6.07) is 11.3. The molecule has 0 fully saturated rings. The van der Waals surface area contributed by atoms with E-state index in [1.165, 1.54) is 23.7 Å². The maximum Gasteiger partial charge on any atom is 0.251 e. The highest BCUT2D eigenvalue weighted by atomic mass is 16.1. The average molecular weight is 425 g/mol. The van der Waals surface area contributed by atoms with Crippen molar-refractivity contribution in [3.8, 4) is 11.3 Å². The van der Waals surface area contributed by atoms with Crippen molar-refractivity contribution in [2.24, 2.45) is 0 Å². The van der Waals surface area contributed by atoms with Crippen LogP contribution in [0.1, 0.15) is 45.7 Å². The van der Waals surface area contributed by atoms with Crippen LogP contribution in [0, 0.1) is 5.41 Å². The van der Waals surface area contributed by atoms with Gasteiger partial charge in [0.05, 0.1) is 17.8 Å². The fourth-order valence-electron chi connectivity index (χ4n) is 4.42. The number of amides is 1. The molecule has 0 radical (unpaired) electrons. The van der Waals surface area contributed by atoms with E-state index in [0.717, 1.165) is 53.4 Å². The van der Waals surface area contributed by atoms with Crippen LogP contribution in [0.25, 0.3) is 22.2 Å². The summed E-state index contributed by atoms with van der Waals surface area (Å²) in [4.78, 5) is 21.5. The third-order valence-electron chi connectivity index (χ3n) is 5.99. The van der Waals surface area contributed by atoms with Gasteiger partial charge in [-0.25, -0.2) is 9.97 Å². The molecule has 4 aromatic rings. The van der Waals surface area contributed by atoms with Crippen molar-refractivity contribution in [1.29, 1.82) is 5.41 Å².